The lowest BCUT2D eigenvalue weighted by Crippen LogP contribution is -2.12. The Labute approximate surface area is 112 Å². The molecule has 2 nitrogen and oxygen atoms in total. The van der Waals surface area contributed by atoms with E-state index in [9.17, 15) is 4.79 Å². The van der Waals surface area contributed by atoms with Gasteiger partial charge in [-0.3, -0.25) is 4.79 Å². The van der Waals surface area contributed by atoms with Gasteiger partial charge in [0.1, 0.15) is 0 Å². The second-order valence-electron chi connectivity index (χ2n) is 4.23. The van der Waals surface area contributed by atoms with Gasteiger partial charge in [-0.25, -0.2) is 0 Å². The van der Waals surface area contributed by atoms with Crippen molar-refractivity contribution >= 4 is 22.9 Å². The van der Waals surface area contributed by atoms with E-state index in [-0.39, 0.29) is 5.91 Å². The van der Waals surface area contributed by atoms with Crippen LogP contribution in [0.4, 0.5) is 5.69 Å². The molecule has 0 spiro atoms. The number of hydrogen-bond donors (Lipinski definition) is 1. The van der Waals surface area contributed by atoms with Gasteiger partial charge in [0, 0.05) is 12.1 Å². The predicted octanol–water partition coefficient (Wildman–Crippen LogP) is 3.88. The van der Waals surface area contributed by atoms with Crippen LogP contribution in [0.15, 0.2) is 41.1 Å². The fraction of sp³-hybridized carbons (Fsp3) is 0.267. The minimum atomic E-state index is 0.0782. The predicted molar refractivity (Wildman–Crippen MR) is 77.1 cm³/mol. The number of aryl methyl sites for hydroxylation is 2. The third kappa shape index (κ3) is 3.70. The highest BCUT2D eigenvalue weighted by molar-refractivity contribution is 7.07. The molecule has 0 saturated heterocycles. The molecular formula is C15H17NOS. The summed E-state index contributed by atoms with van der Waals surface area (Å²) in [4.78, 5) is 11.8. The van der Waals surface area contributed by atoms with Gasteiger partial charge in [-0.2, -0.15) is 11.3 Å². The van der Waals surface area contributed by atoms with Crippen molar-refractivity contribution in [2.45, 2.75) is 26.2 Å². The van der Waals surface area contributed by atoms with Crippen LogP contribution in [0.1, 0.15) is 24.5 Å². The van der Waals surface area contributed by atoms with Gasteiger partial charge in [-0.1, -0.05) is 19.1 Å². The van der Waals surface area contributed by atoms with Gasteiger partial charge >= 0.3 is 0 Å². The van der Waals surface area contributed by atoms with E-state index >= 15 is 0 Å². The summed E-state index contributed by atoms with van der Waals surface area (Å²) in [5.74, 6) is 0.0782. The van der Waals surface area contributed by atoms with Crippen LogP contribution < -0.4 is 5.32 Å². The summed E-state index contributed by atoms with van der Waals surface area (Å²) in [5.41, 5.74) is 3.37. The molecule has 1 aromatic carbocycles. The Hall–Kier alpha value is -1.61. The van der Waals surface area contributed by atoms with Crippen molar-refractivity contribution in [2.24, 2.45) is 0 Å². The molecule has 1 amide bonds. The third-order valence-electron chi connectivity index (χ3n) is 2.84. The molecule has 0 aliphatic heterocycles. The Balaban J connectivity index is 1.86. The summed E-state index contributed by atoms with van der Waals surface area (Å²) in [7, 11) is 0. The van der Waals surface area contributed by atoms with Crippen molar-refractivity contribution in [3.8, 4) is 0 Å². The fourth-order valence-electron chi connectivity index (χ4n) is 1.79. The van der Waals surface area contributed by atoms with E-state index in [1.165, 1.54) is 11.1 Å². The molecule has 0 fully saturated rings. The van der Waals surface area contributed by atoms with Crippen LogP contribution in [-0.2, 0) is 17.6 Å². The number of hydrogen-bond acceptors (Lipinski definition) is 2. The molecule has 2 aromatic rings. The highest BCUT2D eigenvalue weighted by Gasteiger charge is 2.03. The van der Waals surface area contributed by atoms with Crippen LogP contribution in [0.2, 0.25) is 0 Å². The summed E-state index contributed by atoms with van der Waals surface area (Å²) in [5, 5.41) is 7.07. The number of amides is 1. The zero-order chi connectivity index (χ0) is 12.8. The van der Waals surface area contributed by atoms with Gasteiger partial charge in [-0.15, -0.1) is 0 Å². The van der Waals surface area contributed by atoms with Gasteiger partial charge in [0.15, 0.2) is 0 Å². The summed E-state index contributed by atoms with van der Waals surface area (Å²) >= 11 is 1.67. The lowest BCUT2D eigenvalue weighted by Gasteiger charge is -2.06. The van der Waals surface area contributed by atoms with Gasteiger partial charge in [0.25, 0.3) is 0 Å². The molecule has 1 N–H and O–H groups in total. The SMILES string of the molecule is CCc1cccc(NC(=O)CCc2ccsc2)c1. The van der Waals surface area contributed by atoms with E-state index in [1.807, 2.05) is 23.6 Å². The van der Waals surface area contributed by atoms with Crippen LogP contribution in [0, 0.1) is 0 Å². The topological polar surface area (TPSA) is 29.1 Å². The number of benzene rings is 1. The van der Waals surface area contributed by atoms with Crippen LogP contribution in [0.25, 0.3) is 0 Å². The Kier molecular flexibility index (Phi) is 4.53. The Bertz CT molecular complexity index is 505. The van der Waals surface area contributed by atoms with E-state index in [2.05, 4.69) is 29.8 Å². The molecule has 0 aliphatic rings. The maximum absolute atomic E-state index is 11.8. The Morgan fingerprint density at radius 2 is 2.17 bits per heavy atom. The van der Waals surface area contributed by atoms with Crippen molar-refractivity contribution < 1.29 is 4.79 Å². The first-order valence-corrected chi connectivity index (χ1v) is 7.12. The molecule has 94 valence electrons. The van der Waals surface area contributed by atoms with E-state index in [4.69, 9.17) is 0 Å². The third-order valence-corrected chi connectivity index (χ3v) is 3.57. The fourth-order valence-corrected chi connectivity index (χ4v) is 2.49. The second kappa shape index (κ2) is 6.36. The number of rotatable bonds is 5. The lowest BCUT2D eigenvalue weighted by atomic mass is 10.1. The lowest BCUT2D eigenvalue weighted by molar-refractivity contribution is -0.116. The van der Waals surface area contributed by atoms with Crippen molar-refractivity contribution in [1.82, 2.24) is 0 Å². The van der Waals surface area contributed by atoms with Gasteiger partial charge in [0.2, 0.25) is 5.91 Å². The van der Waals surface area contributed by atoms with Crippen LogP contribution in [-0.4, -0.2) is 5.91 Å². The summed E-state index contributed by atoms with van der Waals surface area (Å²) in [6.45, 7) is 2.11. The van der Waals surface area contributed by atoms with E-state index in [0.717, 1.165) is 18.5 Å². The standard InChI is InChI=1S/C15H17NOS/c1-2-12-4-3-5-14(10-12)16-15(17)7-6-13-8-9-18-11-13/h3-5,8-11H,2,6-7H2,1H3,(H,16,17). The largest absolute Gasteiger partial charge is 0.326 e. The molecule has 0 saturated carbocycles. The quantitative estimate of drug-likeness (QED) is 0.867. The first-order valence-electron chi connectivity index (χ1n) is 6.18. The highest BCUT2D eigenvalue weighted by Crippen LogP contribution is 2.13. The molecule has 0 radical (unpaired) electrons. The number of anilines is 1. The molecule has 18 heavy (non-hydrogen) atoms. The van der Waals surface area contributed by atoms with E-state index in [1.54, 1.807) is 11.3 Å². The van der Waals surface area contributed by atoms with Crippen LogP contribution >= 0.6 is 11.3 Å². The average molecular weight is 259 g/mol. The first-order chi connectivity index (χ1) is 8.78. The van der Waals surface area contributed by atoms with E-state index in [0.29, 0.717) is 6.42 Å². The maximum atomic E-state index is 11.8. The maximum Gasteiger partial charge on any atom is 0.224 e. The Morgan fingerprint density at radius 3 is 2.89 bits per heavy atom. The number of carbonyl (C=O) groups excluding carboxylic acids is 1. The molecule has 0 bridgehead atoms. The van der Waals surface area contributed by atoms with Crippen LogP contribution in [0.3, 0.4) is 0 Å². The molecule has 3 heteroatoms. The van der Waals surface area contributed by atoms with Gasteiger partial charge < -0.3 is 5.32 Å². The molecule has 1 aromatic heterocycles. The molecule has 2 rings (SSSR count). The normalized spacial score (nSPS) is 10.3. The number of carbonyl (C=O) groups is 1. The monoisotopic (exact) mass is 259 g/mol. The molecule has 0 aliphatic carbocycles. The van der Waals surface area contributed by atoms with Crippen molar-refractivity contribution in [3.05, 3.63) is 52.2 Å². The smallest absolute Gasteiger partial charge is 0.224 e. The van der Waals surface area contributed by atoms with Crippen molar-refractivity contribution in [2.75, 3.05) is 5.32 Å². The molecular weight excluding hydrogens is 242 g/mol. The number of nitrogens with one attached hydrogen (secondary N) is 1. The van der Waals surface area contributed by atoms with Gasteiger partial charge in [0.05, 0.1) is 0 Å². The minimum Gasteiger partial charge on any atom is -0.326 e. The summed E-state index contributed by atoms with van der Waals surface area (Å²) in [6.07, 6.45) is 2.33. The molecule has 0 unspecified atom stereocenters. The second-order valence-corrected chi connectivity index (χ2v) is 5.01. The first kappa shape index (κ1) is 12.8. The van der Waals surface area contributed by atoms with Gasteiger partial charge in [-0.05, 0) is 52.9 Å². The molecule has 0 atom stereocenters. The molecule has 1 heterocycles. The highest BCUT2D eigenvalue weighted by atomic mass is 32.1. The Morgan fingerprint density at radius 1 is 1.28 bits per heavy atom. The summed E-state index contributed by atoms with van der Waals surface area (Å²) < 4.78 is 0. The van der Waals surface area contributed by atoms with E-state index < -0.39 is 0 Å². The van der Waals surface area contributed by atoms with Crippen molar-refractivity contribution in [1.29, 1.82) is 0 Å². The zero-order valence-electron chi connectivity index (χ0n) is 10.5. The van der Waals surface area contributed by atoms with Crippen molar-refractivity contribution in [3.63, 3.8) is 0 Å². The summed E-state index contributed by atoms with van der Waals surface area (Å²) in [6, 6.07) is 10.1. The minimum absolute atomic E-state index is 0.0782. The zero-order valence-corrected chi connectivity index (χ0v) is 11.3. The number of thiophene rings is 1. The van der Waals surface area contributed by atoms with Crippen LogP contribution in [0.5, 0.6) is 0 Å². The average Bonchev–Trinajstić information content (AvgIpc) is 2.90.